The number of carbonyl (C=O) groups is 2. The molecule has 0 aliphatic heterocycles. The van der Waals surface area contributed by atoms with Gasteiger partial charge in [-0.2, -0.15) is 0 Å². The first-order chi connectivity index (χ1) is 9.43. The lowest BCUT2D eigenvalue weighted by atomic mass is 10.3. The van der Waals surface area contributed by atoms with E-state index >= 15 is 0 Å². The molecule has 7 heteroatoms. The molecule has 0 radical (unpaired) electrons. The Balaban J connectivity index is 2.45. The van der Waals surface area contributed by atoms with Crippen LogP contribution in [0.5, 0.6) is 5.75 Å². The summed E-state index contributed by atoms with van der Waals surface area (Å²) in [5.41, 5.74) is 0. The number of hydrogen-bond acceptors (Lipinski definition) is 5. The zero-order valence-electron chi connectivity index (χ0n) is 11.1. The summed E-state index contributed by atoms with van der Waals surface area (Å²) in [6.45, 7) is 1.30. The molecule has 110 valence electrons. The Morgan fingerprint density at radius 1 is 1.45 bits per heavy atom. The zero-order chi connectivity index (χ0) is 15.1. The molecule has 0 bridgehead atoms. The second-order valence-electron chi connectivity index (χ2n) is 4.00. The number of rotatable bonds is 6. The van der Waals surface area contributed by atoms with Crippen LogP contribution in [0.3, 0.4) is 0 Å². The van der Waals surface area contributed by atoms with Gasteiger partial charge in [0.1, 0.15) is 5.75 Å². The molecular weight excluding hydrogens is 286 g/mol. The lowest BCUT2D eigenvalue weighted by molar-refractivity contribution is -0.150. The number of hydrogen-bond donors (Lipinski definition) is 2. The van der Waals surface area contributed by atoms with Crippen molar-refractivity contribution in [3.8, 4) is 5.75 Å². The van der Waals surface area contributed by atoms with Gasteiger partial charge in [0, 0.05) is 5.02 Å². The standard InChI is InChI=1S/C13H16ClNO5/c1-8(20-10-5-3-4-9(14)6-10)12(17)15-7-11(16)13(18)19-2/h3-6,8,11,16H,7H2,1-2H3,(H,15,17). The normalized spacial score (nSPS) is 13.2. The number of aliphatic hydroxyl groups is 1. The lowest BCUT2D eigenvalue weighted by Gasteiger charge is -2.16. The highest BCUT2D eigenvalue weighted by Crippen LogP contribution is 2.18. The fourth-order valence-electron chi connectivity index (χ4n) is 1.36. The van der Waals surface area contributed by atoms with Crippen molar-refractivity contribution in [3.05, 3.63) is 29.3 Å². The maximum Gasteiger partial charge on any atom is 0.336 e. The number of ether oxygens (including phenoxy) is 2. The molecule has 6 nitrogen and oxygen atoms in total. The van der Waals surface area contributed by atoms with Gasteiger partial charge in [-0.15, -0.1) is 0 Å². The van der Waals surface area contributed by atoms with Gasteiger partial charge in [-0.25, -0.2) is 4.79 Å². The molecule has 0 saturated carbocycles. The number of methoxy groups -OCH3 is 1. The molecule has 0 saturated heterocycles. The number of amides is 1. The van der Waals surface area contributed by atoms with Crippen molar-refractivity contribution >= 4 is 23.5 Å². The van der Waals surface area contributed by atoms with Gasteiger partial charge in [-0.1, -0.05) is 17.7 Å². The molecule has 0 heterocycles. The largest absolute Gasteiger partial charge is 0.481 e. The van der Waals surface area contributed by atoms with Crippen molar-refractivity contribution in [2.45, 2.75) is 19.1 Å². The van der Waals surface area contributed by atoms with Crippen LogP contribution in [0.1, 0.15) is 6.92 Å². The van der Waals surface area contributed by atoms with E-state index in [0.717, 1.165) is 7.11 Å². The third kappa shape index (κ3) is 5.07. The van der Waals surface area contributed by atoms with Gasteiger partial charge >= 0.3 is 5.97 Å². The third-order valence-corrected chi connectivity index (χ3v) is 2.66. The highest BCUT2D eigenvalue weighted by molar-refractivity contribution is 6.30. The molecule has 2 N–H and O–H groups in total. The lowest BCUT2D eigenvalue weighted by Crippen LogP contribution is -2.42. The van der Waals surface area contributed by atoms with Crippen molar-refractivity contribution in [1.29, 1.82) is 0 Å². The molecule has 0 fully saturated rings. The Morgan fingerprint density at radius 3 is 2.75 bits per heavy atom. The molecule has 1 aromatic carbocycles. The molecule has 0 aromatic heterocycles. The molecule has 1 aromatic rings. The second kappa shape index (κ2) is 7.72. The van der Waals surface area contributed by atoms with Crippen molar-refractivity contribution in [2.75, 3.05) is 13.7 Å². The van der Waals surface area contributed by atoms with E-state index in [1.165, 1.54) is 0 Å². The maximum absolute atomic E-state index is 11.7. The first-order valence-electron chi connectivity index (χ1n) is 5.90. The molecule has 0 aliphatic carbocycles. The van der Waals surface area contributed by atoms with E-state index in [0.29, 0.717) is 10.8 Å². The smallest absolute Gasteiger partial charge is 0.336 e. The molecule has 20 heavy (non-hydrogen) atoms. The Morgan fingerprint density at radius 2 is 2.15 bits per heavy atom. The van der Waals surface area contributed by atoms with Gasteiger partial charge in [0.15, 0.2) is 12.2 Å². The van der Waals surface area contributed by atoms with Crippen LogP contribution in [-0.4, -0.2) is 42.8 Å². The highest BCUT2D eigenvalue weighted by Gasteiger charge is 2.19. The number of nitrogens with one attached hydrogen (secondary N) is 1. The molecule has 0 aliphatic rings. The fourth-order valence-corrected chi connectivity index (χ4v) is 1.54. The molecule has 2 atom stereocenters. The van der Waals surface area contributed by atoms with Crippen LogP contribution in [-0.2, 0) is 14.3 Å². The van der Waals surface area contributed by atoms with Crippen LogP contribution in [0.2, 0.25) is 5.02 Å². The molecule has 0 spiro atoms. The Kier molecular flexibility index (Phi) is 6.27. The Bertz CT molecular complexity index is 480. The van der Waals surface area contributed by atoms with E-state index in [-0.39, 0.29) is 6.54 Å². The minimum absolute atomic E-state index is 0.241. The van der Waals surface area contributed by atoms with Crippen molar-refractivity contribution in [2.24, 2.45) is 0 Å². The summed E-state index contributed by atoms with van der Waals surface area (Å²) >= 11 is 5.80. The first kappa shape index (κ1) is 16.3. The van der Waals surface area contributed by atoms with Gasteiger partial charge < -0.3 is 19.9 Å². The van der Waals surface area contributed by atoms with E-state index in [1.54, 1.807) is 31.2 Å². The van der Waals surface area contributed by atoms with E-state index in [9.17, 15) is 14.7 Å². The summed E-state index contributed by atoms with van der Waals surface area (Å²) in [5.74, 6) is -0.824. The van der Waals surface area contributed by atoms with Gasteiger partial charge in [-0.05, 0) is 25.1 Å². The number of esters is 1. The molecule has 1 rings (SSSR count). The topological polar surface area (TPSA) is 84.9 Å². The molecular formula is C13H16ClNO5. The number of aliphatic hydroxyl groups excluding tert-OH is 1. The van der Waals surface area contributed by atoms with Crippen LogP contribution in [0.25, 0.3) is 0 Å². The quantitative estimate of drug-likeness (QED) is 0.758. The summed E-state index contributed by atoms with van der Waals surface area (Å²) in [6.07, 6.45) is -2.19. The Hall–Kier alpha value is -1.79. The molecule has 1 amide bonds. The van der Waals surface area contributed by atoms with E-state index < -0.39 is 24.1 Å². The average Bonchev–Trinajstić information content (AvgIpc) is 2.43. The summed E-state index contributed by atoms with van der Waals surface area (Å²) in [7, 11) is 1.15. The van der Waals surface area contributed by atoms with E-state index in [4.69, 9.17) is 16.3 Å². The fraction of sp³-hybridized carbons (Fsp3) is 0.385. The zero-order valence-corrected chi connectivity index (χ0v) is 11.9. The Labute approximate surface area is 121 Å². The van der Waals surface area contributed by atoms with Gasteiger partial charge in [0.05, 0.1) is 13.7 Å². The minimum Gasteiger partial charge on any atom is -0.481 e. The number of carbonyl (C=O) groups excluding carboxylic acids is 2. The summed E-state index contributed by atoms with van der Waals surface area (Å²) < 4.78 is 9.71. The predicted octanol–water partition coefficient (Wildman–Crippen LogP) is 0.757. The third-order valence-electron chi connectivity index (χ3n) is 2.42. The SMILES string of the molecule is COC(=O)C(O)CNC(=O)C(C)Oc1cccc(Cl)c1. The second-order valence-corrected chi connectivity index (χ2v) is 4.44. The first-order valence-corrected chi connectivity index (χ1v) is 6.27. The highest BCUT2D eigenvalue weighted by atomic mass is 35.5. The van der Waals surface area contributed by atoms with Gasteiger partial charge in [-0.3, -0.25) is 4.79 Å². The molecule has 2 unspecified atom stereocenters. The van der Waals surface area contributed by atoms with Crippen LogP contribution in [0.4, 0.5) is 0 Å². The van der Waals surface area contributed by atoms with Crippen molar-refractivity contribution in [1.82, 2.24) is 5.32 Å². The minimum atomic E-state index is -1.40. The van der Waals surface area contributed by atoms with Gasteiger partial charge in [0.25, 0.3) is 5.91 Å². The van der Waals surface area contributed by atoms with Crippen LogP contribution in [0, 0.1) is 0 Å². The summed E-state index contributed by atoms with van der Waals surface area (Å²) in [6, 6.07) is 6.63. The maximum atomic E-state index is 11.7. The van der Waals surface area contributed by atoms with E-state index in [2.05, 4.69) is 10.1 Å². The summed E-state index contributed by atoms with van der Waals surface area (Å²) in [5, 5.41) is 12.2. The average molecular weight is 302 g/mol. The summed E-state index contributed by atoms with van der Waals surface area (Å²) in [4.78, 5) is 22.7. The monoisotopic (exact) mass is 301 g/mol. The van der Waals surface area contributed by atoms with Gasteiger partial charge in [0.2, 0.25) is 0 Å². The van der Waals surface area contributed by atoms with Crippen molar-refractivity contribution < 1.29 is 24.2 Å². The van der Waals surface area contributed by atoms with Crippen LogP contribution in [0.15, 0.2) is 24.3 Å². The van der Waals surface area contributed by atoms with Crippen LogP contribution < -0.4 is 10.1 Å². The number of benzene rings is 1. The van der Waals surface area contributed by atoms with Crippen LogP contribution >= 0.6 is 11.6 Å². The predicted molar refractivity (Wildman–Crippen MR) is 72.6 cm³/mol. The van der Waals surface area contributed by atoms with Crippen molar-refractivity contribution in [3.63, 3.8) is 0 Å². The number of halogens is 1. The van der Waals surface area contributed by atoms with E-state index in [1.807, 2.05) is 0 Å².